The first-order valence-electron chi connectivity index (χ1n) is 15.7. The summed E-state index contributed by atoms with van der Waals surface area (Å²) < 4.78 is 7.82. The fourth-order valence-corrected chi connectivity index (χ4v) is 5.80. The van der Waals surface area contributed by atoms with E-state index in [0.717, 1.165) is 39.9 Å². The van der Waals surface area contributed by atoms with Gasteiger partial charge in [0.15, 0.2) is 0 Å². The summed E-state index contributed by atoms with van der Waals surface area (Å²) in [7, 11) is 0. The summed E-state index contributed by atoms with van der Waals surface area (Å²) in [6.45, 7) is 13.6. The van der Waals surface area contributed by atoms with Crippen molar-refractivity contribution in [2.45, 2.75) is 64.3 Å². The molecule has 0 aliphatic carbocycles. The van der Waals surface area contributed by atoms with Crippen LogP contribution in [-0.4, -0.2) is 158 Å². The lowest BCUT2D eigenvalue weighted by molar-refractivity contribution is 0.00841. The van der Waals surface area contributed by atoms with E-state index < -0.39 is 41.5 Å². The van der Waals surface area contributed by atoms with Gasteiger partial charge in [-0.15, -0.1) is 6.58 Å². The van der Waals surface area contributed by atoms with Crippen LogP contribution in [0.3, 0.4) is 0 Å². The van der Waals surface area contributed by atoms with E-state index in [1.165, 1.54) is 0 Å². The predicted octanol–water partition coefficient (Wildman–Crippen LogP) is -3.61. The minimum Gasteiger partial charge on any atom is -0.391 e. The van der Waals surface area contributed by atoms with Gasteiger partial charge >= 0.3 is 17.1 Å². The third kappa shape index (κ3) is 11.3. The van der Waals surface area contributed by atoms with Crippen LogP contribution in [0, 0.1) is 5.92 Å². The fraction of sp³-hybridized carbons (Fsp3) is 0.828. The summed E-state index contributed by atoms with van der Waals surface area (Å²) in [4.78, 5) is 46.4. The van der Waals surface area contributed by atoms with Crippen molar-refractivity contribution >= 4 is 0 Å². The number of rotatable bonds is 18. The van der Waals surface area contributed by atoms with E-state index in [-0.39, 0.29) is 45.2 Å². The zero-order valence-electron chi connectivity index (χ0n) is 26.3. The Kier molecular flexibility index (Phi) is 14.9. The number of aliphatic hydroxyl groups is 4. The highest BCUT2D eigenvalue weighted by molar-refractivity contribution is 4.84. The van der Waals surface area contributed by atoms with Crippen molar-refractivity contribution in [3.63, 3.8) is 0 Å². The predicted molar refractivity (Wildman–Crippen MR) is 166 cm³/mol. The number of nitrogens with one attached hydrogen (secondary N) is 1. The second-order valence-electron chi connectivity index (χ2n) is 12.4. The lowest BCUT2D eigenvalue weighted by Gasteiger charge is -2.36. The van der Waals surface area contributed by atoms with Crippen molar-refractivity contribution in [2.75, 3.05) is 85.2 Å². The zero-order chi connectivity index (χ0) is 32.2. The fourth-order valence-electron chi connectivity index (χ4n) is 5.80. The highest BCUT2D eigenvalue weighted by atomic mass is 16.5. The molecule has 0 spiro atoms. The first-order valence-corrected chi connectivity index (χ1v) is 15.7. The molecular formula is C29H53N7O8. The molecule has 3 rings (SSSR count). The number of ether oxygens (including phenoxy) is 1. The van der Waals surface area contributed by atoms with E-state index in [9.17, 15) is 34.8 Å². The maximum absolute atomic E-state index is 13.5. The molecule has 4 atom stereocenters. The molecule has 2 aliphatic heterocycles. The largest absolute Gasteiger partial charge is 0.391 e. The Morgan fingerprint density at radius 3 is 1.52 bits per heavy atom. The Labute approximate surface area is 258 Å². The Bertz CT molecular complexity index is 1190. The van der Waals surface area contributed by atoms with Gasteiger partial charge in [-0.1, -0.05) is 19.9 Å². The van der Waals surface area contributed by atoms with Crippen molar-refractivity contribution < 1.29 is 25.2 Å². The van der Waals surface area contributed by atoms with E-state index in [2.05, 4.69) is 16.8 Å². The normalized spacial score (nSPS) is 20.1. The van der Waals surface area contributed by atoms with Crippen molar-refractivity contribution in [3.05, 3.63) is 44.1 Å². The van der Waals surface area contributed by atoms with Crippen LogP contribution in [0.5, 0.6) is 0 Å². The average molecular weight is 628 g/mol. The molecule has 0 radical (unpaired) electrons. The first-order chi connectivity index (χ1) is 21.0. The third-order valence-electron chi connectivity index (χ3n) is 7.94. The van der Waals surface area contributed by atoms with E-state index in [4.69, 9.17) is 4.74 Å². The minimum absolute atomic E-state index is 0.117. The molecule has 1 aromatic heterocycles. The number of aromatic nitrogens is 3. The van der Waals surface area contributed by atoms with Gasteiger partial charge in [0.05, 0.1) is 57.3 Å². The van der Waals surface area contributed by atoms with Crippen LogP contribution < -0.4 is 22.4 Å². The summed E-state index contributed by atoms with van der Waals surface area (Å²) in [5.41, 5.74) is -2.68. The summed E-state index contributed by atoms with van der Waals surface area (Å²) in [5.74, 6) is 0.117. The molecule has 0 amide bonds. The van der Waals surface area contributed by atoms with Gasteiger partial charge < -0.3 is 30.5 Å². The average Bonchev–Trinajstić information content (AvgIpc) is 2.97. The van der Waals surface area contributed by atoms with Crippen molar-refractivity contribution in [1.29, 1.82) is 0 Å². The van der Waals surface area contributed by atoms with Gasteiger partial charge in [-0.25, -0.2) is 28.1 Å². The molecule has 2 saturated heterocycles. The number of aliphatic hydroxyl groups excluding tert-OH is 4. The second kappa shape index (κ2) is 18.1. The van der Waals surface area contributed by atoms with E-state index >= 15 is 0 Å². The molecule has 0 aromatic carbocycles. The van der Waals surface area contributed by atoms with E-state index in [1.54, 1.807) is 6.08 Å². The standard InChI is InChI=1S/C29H53N7O8/c1-4-13-44-21-26(40)17-33-11-9-32(10-12-33)16-25(39)20-36-28(42)34(18-23(37)14-22(2)3)27(41)35(29(36)43)19-24(38)15-31-7-5-30-6-8-31/h4,22-26,30,37-40H,1,5-21H2,2-3H3. The Morgan fingerprint density at radius 2 is 1.09 bits per heavy atom. The molecule has 15 heteroatoms. The SMILES string of the molecule is C=CCOCC(O)CN1CCN(CC(O)Cn2c(=O)n(CC(O)CC(C)C)c(=O)n(CC(O)CN3CCNCC3)c2=O)CC1. The summed E-state index contributed by atoms with van der Waals surface area (Å²) in [6, 6.07) is 0. The molecule has 252 valence electrons. The van der Waals surface area contributed by atoms with E-state index in [1.807, 2.05) is 23.6 Å². The van der Waals surface area contributed by atoms with Gasteiger partial charge in [-0.2, -0.15) is 0 Å². The summed E-state index contributed by atoms with van der Waals surface area (Å²) >= 11 is 0. The van der Waals surface area contributed by atoms with E-state index in [0.29, 0.717) is 45.8 Å². The number of hydrogen-bond donors (Lipinski definition) is 5. The van der Waals surface area contributed by atoms with Gasteiger partial charge in [-0.05, 0) is 12.3 Å². The van der Waals surface area contributed by atoms with Crippen molar-refractivity contribution in [2.24, 2.45) is 5.92 Å². The minimum atomic E-state index is -1.09. The molecule has 15 nitrogen and oxygen atoms in total. The smallest absolute Gasteiger partial charge is 0.336 e. The molecule has 2 aliphatic rings. The Hall–Kier alpha value is -2.21. The van der Waals surface area contributed by atoms with Crippen LogP contribution in [0.15, 0.2) is 27.0 Å². The van der Waals surface area contributed by atoms with Crippen LogP contribution in [0.4, 0.5) is 0 Å². The highest BCUT2D eigenvalue weighted by Gasteiger charge is 2.25. The number of nitrogens with zero attached hydrogens (tertiary/aromatic N) is 6. The molecule has 0 bridgehead atoms. The monoisotopic (exact) mass is 627 g/mol. The lowest BCUT2D eigenvalue weighted by atomic mass is 10.1. The maximum Gasteiger partial charge on any atom is 0.336 e. The second-order valence-corrected chi connectivity index (χ2v) is 12.4. The lowest BCUT2D eigenvalue weighted by Crippen LogP contribution is -2.58. The Morgan fingerprint density at radius 1 is 0.682 bits per heavy atom. The van der Waals surface area contributed by atoms with Crippen LogP contribution >= 0.6 is 0 Å². The summed E-state index contributed by atoms with van der Waals surface area (Å²) in [5, 5.41) is 45.7. The molecule has 44 heavy (non-hydrogen) atoms. The van der Waals surface area contributed by atoms with Crippen molar-refractivity contribution in [1.82, 2.24) is 33.7 Å². The van der Waals surface area contributed by atoms with Crippen LogP contribution in [0.25, 0.3) is 0 Å². The molecular weight excluding hydrogens is 574 g/mol. The number of hydrogen-bond acceptors (Lipinski definition) is 12. The molecule has 2 fully saturated rings. The highest BCUT2D eigenvalue weighted by Crippen LogP contribution is 2.07. The van der Waals surface area contributed by atoms with Crippen molar-refractivity contribution in [3.8, 4) is 0 Å². The van der Waals surface area contributed by atoms with Gasteiger partial charge in [0.2, 0.25) is 0 Å². The molecule has 4 unspecified atom stereocenters. The molecule has 1 aromatic rings. The molecule has 3 heterocycles. The summed E-state index contributed by atoms with van der Waals surface area (Å²) in [6.07, 6.45) is -1.75. The molecule has 0 saturated carbocycles. The quantitative estimate of drug-likeness (QED) is 0.0799. The van der Waals surface area contributed by atoms with Gasteiger partial charge in [0.1, 0.15) is 0 Å². The first kappa shape index (κ1) is 36.3. The maximum atomic E-state index is 13.5. The van der Waals surface area contributed by atoms with Crippen LogP contribution in [0.2, 0.25) is 0 Å². The third-order valence-corrected chi connectivity index (χ3v) is 7.94. The Balaban J connectivity index is 1.70. The zero-order valence-corrected chi connectivity index (χ0v) is 26.3. The van der Waals surface area contributed by atoms with Crippen LogP contribution in [-0.2, 0) is 24.4 Å². The van der Waals surface area contributed by atoms with Crippen LogP contribution in [0.1, 0.15) is 20.3 Å². The topological polar surface area (TPSA) is 178 Å². The van der Waals surface area contributed by atoms with Gasteiger partial charge in [0, 0.05) is 72.0 Å². The molecule has 5 N–H and O–H groups in total. The van der Waals surface area contributed by atoms with Gasteiger partial charge in [-0.3, -0.25) is 14.7 Å². The van der Waals surface area contributed by atoms with Gasteiger partial charge in [0.25, 0.3) is 0 Å². The number of piperazine rings is 2. The number of β-amino-alcohol motifs (C(OH)–C–C–N with tert-alkyl or cyclic N) is 3.